The summed E-state index contributed by atoms with van der Waals surface area (Å²) in [6, 6.07) is 9.13. The highest BCUT2D eigenvalue weighted by atomic mass is 19.4. The number of piperidine rings is 1. The molecule has 162 valence electrons. The van der Waals surface area contributed by atoms with Gasteiger partial charge >= 0.3 is 6.18 Å². The van der Waals surface area contributed by atoms with E-state index in [2.05, 4.69) is 9.97 Å². The van der Waals surface area contributed by atoms with E-state index in [0.29, 0.717) is 29.0 Å². The van der Waals surface area contributed by atoms with Crippen molar-refractivity contribution >= 4 is 22.6 Å². The maximum atomic E-state index is 13.5. The molecule has 31 heavy (non-hydrogen) atoms. The number of benzene rings is 1. The Morgan fingerprint density at radius 3 is 2.61 bits per heavy atom. The summed E-state index contributed by atoms with van der Waals surface area (Å²) in [5, 5.41) is 0.811. The van der Waals surface area contributed by atoms with E-state index in [4.69, 9.17) is 5.73 Å². The zero-order valence-corrected chi connectivity index (χ0v) is 17.3. The van der Waals surface area contributed by atoms with Crippen LogP contribution in [0.25, 0.3) is 10.9 Å². The monoisotopic (exact) mass is 428 g/mol. The lowest BCUT2D eigenvalue weighted by atomic mass is 9.92. The van der Waals surface area contributed by atoms with Crippen LogP contribution in [0, 0.1) is 6.92 Å². The van der Waals surface area contributed by atoms with Gasteiger partial charge < -0.3 is 10.6 Å². The number of hydrogen-bond donors (Lipinski definition) is 1. The summed E-state index contributed by atoms with van der Waals surface area (Å²) in [5.41, 5.74) is 7.58. The standard InChI is InChI=1S/C23H23F3N4O/c1-13-10-16-11-15(6-8-18(16)29-21(13)27)22(31)30-14(2)4-3-5-20(30)19-9-7-17(12-28-19)23(24,25)26/h6-12,14,20H,3-5H2,1-2H3,(H2,27,29). The Bertz CT molecular complexity index is 1130. The molecule has 0 radical (unpaired) electrons. The van der Waals surface area contributed by atoms with Crippen LogP contribution in [0.4, 0.5) is 19.0 Å². The number of nitrogens with zero attached hydrogens (tertiary/aromatic N) is 3. The lowest BCUT2D eigenvalue weighted by Crippen LogP contribution is -2.44. The van der Waals surface area contributed by atoms with Gasteiger partial charge in [-0.15, -0.1) is 0 Å². The van der Waals surface area contributed by atoms with Crippen molar-refractivity contribution < 1.29 is 18.0 Å². The fourth-order valence-corrected chi connectivity index (χ4v) is 4.17. The van der Waals surface area contributed by atoms with Crippen molar-refractivity contribution in [2.75, 3.05) is 5.73 Å². The van der Waals surface area contributed by atoms with Crippen LogP contribution in [-0.4, -0.2) is 26.8 Å². The summed E-state index contributed by atoms with van der Waals surface area (Å²) in [7, 11) is 0. The van der Waals surface area contributed by atoms with Gasteiger partial charge in [0.15, 0.2) is 0 Å². The quantitative estimate of drug-likeness (QED) is 0.602. The van der Waals surface area contributed by atoms with Crippen LogP contribution in [0.2, 0.25) is 0 Å². The van der Waals surface area contributed by atoms with Crippen LogP contribution >= 0.6 is 0 Å². The van der Waals surface area contributed by atoms with E-state index in [9.17, 15) is 18.0 Å². The first-order chi connectivity index (χ1) is 14.6. The maximum Gasteiger partial charge on any atom is 0.417 e. The van der Waals surface area contributed by atoms with Crippen LogP contribution in [0.5, 0.6) is 0 Å². The molecule has 0 bridgehead atoms. The van der Waals surface area contributed by atoms with E-state index in [0.717, 1.165) is 36.1 Å². The molecular weight excluding hydrogens is 405 g/mol. The minimum absolute atomic E-state index is 0.0580. The van der Waals surface area contributed by atoms with Crippen molar-refractivity contribution in [2.45, 2.75) is 51.4 Å². The lowest BCUT2D eigenvalue weighted by Gasteiger charge is -2.40. The molecule has 1 amide bonds. The van der Waals surface area contributed by atoms with Gasteiger partial charge in [-0.2, -0.15) is 13.2 Å². The fraction of sp³-hybridized carbons (Fsp3) is 0.348. The topological polar surface area (TPSA) is 72.1 Å². The number of nitrogen functional groups attached to an aromatic ring is 1. The number of aromatic nitrogens is 2. The van der Waals surface area contributed by atoms with E-state index >= 15 is 0 Å². The highest BCUT2D eigenvalue weighted by molar-refractivity contribution is 5.98. The van der Waals surface area contributed by atoms with E-state index < -0.39 is 11.7 Å². The highest BCUT2D eigenvalue weighted by Crippen LogP contribution is 2.36. The predicted molar refractivity (Wildman–Crippen MR) is 112 cm³/mol. The molecular formula is C23H23F3N4O. The largest absolute Gasteiger partial charge is 0.417 e. The van der Waals surface area contributed by atoms with Crippen molar-refractivity contribution in [3.05, 3.63) is 65.0 Å². The molecule has 1 aliphatic heterocycles. The molecule has 5 nitrogen and oxygen atoms in total. The summed E-state index contributed by atoms with van der Waals surface area (Å²) in [6.45, 7) is 3.82. The minimum Gasteiger partial charge on any atom is -0.383 e. The average molecular weight is 428 g/mol. The molecule has 3 aromatic rings. The average Bonchev–Trinajstić information content (AvgIpc) is 2.73. The third-order valence-corrected chi connectivity index (χ3v) is 5.89. The van der Waals surface area contributed by atoms with Crippen LogP contribution in [0.1, 0.15) is 59.4 Å². The first-order valence-corrected chi connectivity index (χ1v) is 10.2. The number of hydrogen-bond acceptors (Lipinski definition) is 4. The number of carbonyl (C=O) groups is 1. The molecule has 2 aromatic heterocycles. The summed E-state index contributed by atoms with van der Waals surface area (Å²) in [4.78, 5) is 23.6. The van der Waals surface area contributed by atoms with Crippen LogP contribution in [0.15, 0.2) is 42.6 Å². The molecule has 3 heterocycles. The van der Waals surface area contributed by atoms with Gasteiger partial charge in [-0.1, -0.05) is 0 Å². The summed E-state index contributed by atoms with van der Waals surface area (Å²) in [6.07, 6.45) is -1.25. The van der Waals surface area contributed by atoms with Crippen molar-refractivity contribution in [3.8, 4) is 0 Å². The number of likely N-dealkylation sites (tertiary alicyclic amines) is 1. The normalized spacial score (nSPS) is 19.6. The first kappa shape index (κ1) is 21.1. The fourth-order valence-electron chi connectivity index (χ4n) is 4.17. The van der Waals surface area contributed by atoms with Crippen molar-refractivity contribution in [3.63, 3.8) is 0 Å². The Morgan fingerprint density at radius 1 is 1.16 bits per heavy atom. The molecule has 1 saturated heterocycles. The number of amides is 1. The Kier molecular flexibility index (Phi) is 5.33. The number of halogens is 3. The Hall–Kier alpha value is -3.16. The van der Waals surface area contributed by atoms with E-state index in [1.165, 1.54) is 6.07 Å². The van der Waals surface area contributed by atoms with Crippen molar-refractivity contribution in [2.24, 2.45) is 0 Å². The van der Waals surface area contributed by atoms with Gasteiger partial charge in [0.25, 0.3) is 5.91 Å². The number of rotatable bonds is 2. The van der Waals surface area contributed by atoms with Gasteiger partial charge in [0, 0.05) is 23.2 Å². The van der Waals surface area contributed by atoms with Crippen LogP contribution in [0.3, 0.4) is 0 Å². The van der Waals surface area contributed by atoms with Gasteiger partial charge in [0.05, 0.1) is 22.8 Å². The van der Waals surface area contributed by atoms with Crippen LogP contribution < -0.4 is 5.73 Å². The lowest BCUT2D eigenvalue weighted by molar-refractivity contribution is -0.137. The van der Waals surface area contributed by atoms with E-state index in [1.807, 2.05) is 19.9 Å². The van der Waals surface area contributed by atoms with Gasteiger partial charge in [0.2, 0.25) is 0 Å². The second-order valence-electron chi connectivity index (χ2n) is 8.08. The third kappa shape index (κ3) is 4.06. The molecule has 0 aliphatic carbocycles. The van der Waals surface area contributed by atoms with Crippen molar-refractivity contribution in [1.29, 1.82) is 0 Å². The summed E-state index contributed by atoms with van der Waals surface area (Å²) >= 11 is 0. The van der Waals surface area contributed by atoms with Gasteiger partial charge in [-0.3, -0.25) is 9.78 Å². The van der Waals surface area contributed by atoms with E-state index in [-0.39, 0.29) is 18.0 Å². The molecule has 1 fully saturated rings. The zero-order valence-electron chi connectivity index (χ0n) is 17.3. The van der Waals surface area contributed by atoms with Crippen molar-refractivity contribution in [1.82, 2.24) is 14.9 Å². The molecule has 4 rings (SSSR count). The highest BCUT2D eigenvalue weighted by Gasteiger charge is 2.35. The number of aryl methyl sites for hydroxylation is 1. The second-order valence-corrected chi connectivity index (χ2v) is 8.08. The molecule has 8 heteroatoms. The zero-order chi connectivity index (χ0) is 22.3. The predicted octanol–water partition coefficient (Wildman–Crippen LogP) is 5.30. The molecule has 0 saturated carbocycles. The summed E-state index contributed by atoms with van der Waals surface area (Å²) < 4.78 is 38.7. The first-order valence-electron chi connectivity index (χ1n) is 10.2. The Labute approximate surface area is 178 Å². The number of fused-ring (bicyclic) bond motifs is 1. The number of alkyl halides is 3. The molecule has 2 unspecified atom stereocenters. The Balaban J connectivity index is 1.69. The maximum absolute atomic E-state index is 13.5. The molecule has 2 atom stereocenters. The van der Waals surface area contributed by atoms with Gasteiger partial charge in [-0.05, 0) is 75.1 Å². The second kappa shape index (κ2) is 7.83. The molecule has 2 N–H and O–H groups in total. The van der Waals surface area contributed by atoms with Gasteiger partial charge in [0.1, 0.15) is 5.82 Å². The SMILES string of the molecule is Cc1cc2cc(C(=O)N3C(C)CCCC3c3ccc(C(F)(F)F)cn3)ccc2nc1N. The molecule has 0 spiro atoms. The number of nitrogens with two attached hydrogens (primary N) is 1. The third-order valence-electron chi connectivity index (χ3n) is 5.89. The summed E-state index contributed by atoms with van der Waals surface area (Å²) in [5.74, 6) is 0.278. The molecule has 1 aromatic carbocycles. The minimum atomic E-state index is -4.44. The number of pyridine rings is 2. The van der Waals surface area contributed by atoms with Gasteiger partial charge in [-0.25, -0.2) is 4.98 Å². The Morgan fingerprint density at radius 2 is 1.94 bits per heavy atom. The smallest absolute Gasteiger partial charge is 0.383 e. The number of carbonyl (C=O) groups excluding carboxylic acids is 1. The molecule has 1 aliphatic rings. The van der Waals surface area contributed by atoms with Crippen LogP contribution in [-0.2, 0) is 6.18 Å². The van der Waals surface area contributed by atoms with E-state index in [1.54, 1.807) is 23.1 Å². The number of anilines is 1.